The number of sulfone groups is 2. The van der Waals surface area contributed by atoms with Crippen LogP contribution in [0.3, 0.4) is 0 Å². The van der Waals surface area contributed by atoms with Crippen molar-refractivity contribution >= 4 is 84.2 Å². The average Bonchev–Trinajstić information content (AvgIpc) is 3.72. The summed E-state index contributed by atoms with van der Waals surface area (Å²) in [5.41, 5.74) is 1.25. The maximum atomic E-state index is 12.4. The van der Waals surface area contributed by atoms with Gasteiger partial charge in [0.2, 0.25) is 19.7 Å². The third-order valence-electron chi connectivity index (χ3n) is 8.49. The number of benzene rings is 6. The Morgan fingerprint density at radius 2 is 0.962 bits per heavy atom. The lowest BCUT2D eigenvalue weighted by Crippen LogP contribution is -2.01. The Bertz CT molecular complexity index is 2950. The zero-order chi connectivity index (χ0) is 37.8. The number of rotatable bonds is 3. The molecule has 264 valence electrons. The van der Waals surface area contributed by atoms with E-state index < -0.39 is 29.5 Å². The van der Waals surface area contributed by atoms with Gasteiger partial charge in [0.1, 0.15) is 4.70 Å². The molecule has 0 spiro atoms. The molecule has 0 saturated carbocycles. The third kappa shape index (κ3) is 5.92. The van der Waals surface area contributed by atoms with Gasteiger partial charge in [0.15, 0.2) is 9.79 Å². The zero-order valence-electron chi connectivity index (χ0n) is 26.6. The van der Waals surface area contributed by atoms with Crippen LogP contribution in [0.15, 0.2) is 145 Å². The van der Waals surface area contributed by atoms with Crippen LogP contribution in [0, 0.1) is 30.3 Å². The molecular weight excluding hydrogens is 811 g/mol. The average molecular weight is 831 g/mol. The van der Waals surface area contributed by atoms with Gasteiger partial charge in [-0.3, -0.25) is 30.3 Å². The SMILES string of the molecule is O=[N+]([O-])c1cccc2c1S(=O)(=O)c1cc(Br)ccc1-2.O=[N+]([O-])c1cccc2c1S(=O)(=O)c1ccccc1-2.O=[N+]([O-])c1cccc2c1sc1ccccc12. The van der Waals surface area contributed by atoms with Gasteiger partial charge in [-0.15, -0.1) is 11.3 Å². The molecule has 0 bridgehead atoms. The first-order chi connectivity index (χ1) is 25.2. The predicted molar refractivity (Wildman–Crippen MR) is 202 cm³/mol. The van der Waals surface area contributed by atoms with E-state index in [9.17, 15) is 47.2 Å². The Labute approximate surface area is 312 Å². The van der Waals surface area contributed by atoms with E-state index in [4.69, 9.17) is 0 Å². The molecule has 0 unspecified atom stereocenters. The number of hydrogen-bond acceptors (Lipinski definition) is 11. The Kier molecular flexibility index (Phi) is 8.89. The molecule has 0 amide bonds. The highest BCUT2D eigenvalue weighted by atomic mass is 79.9. The standard InChI is InChI=1S/C12H6BrNO4S.C12H7NO4S.C12H7NO2S/c13-7-4-5-8-9-2-1-3-10(14(15)16)12(9)19(17,18)11(8)6-7;14-13(15)10-6-3-5-9-8-4-1-2-7-11(8)18(16,17)12(9)10;14-13(15)10-6-3-5-9-8-4-1-2-7-11(8)16-12(9)10/h1-6H;1-7H;1-7H. The molecule has 13 nitrogen and oxygen atoms in total. The second-order valence-electron chi connectivity index (χ2n) is 11.5. The summed E-state index contributed by atoms with van der Waals surface area (Å²) < 4.78 is 51.9. The van der Waals surface area contributed by atoms with Crippen molar-refractivity contribution in [3.05, 3.63) is 156 Å². The van der Waals surface area contributed by atoms with E-state index in [0.29, 0.717) is 26.7 Å². The third-order valence-corrected chi connectivity index (χ3v) is 14.0. The van der Waals surface area contributed by atoms with Crippen LogP contribution in [0.25, 0.3) is 42.4 Å². The molecule has 3 heterocycles. The molecule has 53 heavy (non-hydrogen) atoms. The van der Waals surface area contributed by atoms with Crippen molar-refractivity contribution in [3.8, 4) is 22.3 Å². The minimum absolute atomic E-state index is 0.103. The van der Waals surface area contributed by atoms with Crippen LogP contribution in [0.4, 0.5) is 17.1 Å². The second-order valence-corrected chi connectivity index (χ2v) is 17.2. The minimum Gasteiger partial charge on any atom is -0.258 e. The summed E-state index contributed by atoms with van der Waals surface area (Å²) in [6.45, 7) is 0. The van der Waals surface area contributed by atoms with Gasteiger partial charge in [-0.05, 0) is 24.3 Å². The molecule has 0 atom stereocenters. The molecular formula is C36H20BrN3O10S3. The predicted octanol–water partition coefficient (Wildman–Crippen LogP) is 9.54. The molecule has 9 rings (SSSR count). The monoisotopic (exact) mass is 829 g/mol. The number of thiophene rings is 1. The van der Waals surface area contributed by atoms with Gasteiger partial charge in [-0.2, -0.15) is 0 Å². The van der Waals surface area contributed by atoms with E-state index in [2.05, 4.69) is 15.9 Å². The van der Waals surface area contributed by atoms with E-state index in [-0.39, 0.29) is 41.6 Å². The van der Waals surface area contributed by atoms with Crippen LogP contribution in [-0.2, 0) is 19.7 Å². The summed E-state index contributed by atoms with van der Waals surface area (Å²) in [5, 5.41) is 34.9. The number of halogens is 1. The van der Waals surface area contributed by atoms with Crippen molar-refractivity contribution in [1.82, 2.24) is 0 Å². The molecule has 2 aliphatic heterocycles. The Morgan fingerprint density at radius 3 is 1.58 bits per heavy atom. The smallest absolute Gasteiger partial charge is 0.258 e. The lowest BCUT2D eigenvalue weighted by atomic mass is 10.1. The van der Waals surface area contributed by atoms with Crippen LogP contribution in [-0.4, -0.2) is 31.6 Å². The number of nitro groups is 3. The minimum atomic E-state index is -3.83. The van der Waals surface area contributed by atoms with Crippen LogP contribution in [0.2, 0.25) is 0 Å². The van der Waals surface area contributed by atoms with Crippen LogP contribution >= 0.6 is 27.3 Å². The Hall–Kier alpha value is -5.88. The molecule has 2 aliphatic rings. The van der Waals surface area contributed by atoms with Gasteiger partial charge in [-0.1, -0.05) is 94.8 Å². The summed E-state index contributed by atoms with van der Waals surface area (Å²) in [6, 6.07) is 32.9. The van der Waals surface area contributed by atoms with Crippen molar-refractivity contribution in [1.29, 1.82) is 0 Å². The van der Waals surface area contributed by atoms with Crippen molar-refractivity contribution in [3.63, 3.8) is 0 Å². The molecule has 7 aromatic rings. The molecule has 0 saturated heterocycles. The Balaban J connectivity index is 0.000000124. The van der Waals surface area contributed by atoms with E-state index >= 15 is 0 Å². The summed E-state index contributed by atoms with van der Waals surface area (Å²) in [7, 11) is -7.62. The maximum absolute atomic E-state index is 12.4. The van der Waals surface area contributed by atoms with Crippen molar-refractivity contribution in [2.75, 3.05) is 0 Å². The maximum Gasteiger partial charge on any atom is 0.288 e. The highest BCUT2D eigenvalue weighted by Crippen LogP contribution is 2.48. The number of hydrogen-bond donors (Lipinski definition) is 0. The van der Waals surface area contributed by atoms with E-state index in [1.807, 2.05) is 30.3 Å². The van der Waals surface area contributed by atoms with Crippen molar-refractivity contribution < 1.29 is 31.6 Å². The fraction of sp³-hybridized carbons (Fsp3) is 0. The summed E-state index contributed by atoms with van der Waals surface area (Å²) in [4.78, 5) is 31.0. The van der Waals surface area contributed by atoms with Gasteiger partial charge >= 0.3 is 0 Å². The van der Waals surface area contributed by atoms with E-state index in [1.165, 1.54) is 47.7 Å². The number of nitro benzene ring substituents is 3. The van der Waals surface area contributed by atoms with Crippen molar-refractivity contribution in [2.24, 2.45) is 0 Å². The fourth-order valence-corrected chi connectivity index (χ4v) is 11.7. The van der Waals surface area contributed by atoms with Gasteiger partial charge in [0.25, 0.3) is 17.1 Å². The summed E-state index contributed by atoms with van der Waals surface area (Å²) in [6.07, 6.45) is 0. The fourth-order valence-electron chi connectivity index (χ4n) is 6.29. The second kappa shape index (κ2) is 13.3. The zero-order valence-corrected chi connectivity index (χ0v) is 30.6. The highest BCUT2D eigenvalue weighted by molar-refractivity contribution is 9.10. The summed E-state index contributed by atoms with van der Waals surface area (Å²) in [5.74, 6) is 0. The lowest BCUT2D eigenvalue weighted by molar-refractivity contribution is -0.387. The van der Waals surface area contributed by atoms with Crippen molar-refractivity contribution in [2.45, 2.75) is 19.6 Å². The first-order valence-electron chi connectivity index (χ1n) is 15.2. The Morgan fingerprint density at radius 1 is 0.491 bits per heavy atom. The largest absolute Gasteiger partial charge is 0.288 e. The van der Waals surface area contributed by atoms with Crippen LogP contribution in [0.1, 0.15) is 0 Å². The molecule has 0 N–H and O–H groups in total. The highest BCUT2D eigenvalue weighted by Gasteiger charge is 2.40. The summed E-state index contributed by atoms with van der Waals surface area (Å²) >= 11 is 4.69. The van der Waals surface area contributed by atoms with E-state index in [0.717, 1.165) is 20.2 Å². The van der Waals surface area contributed by atoms with Gasteiger partial charge in [-0.25, -0.2) is 16.8 Å². The number of nitrogens with zero attached hydrogens (tertiary/aromatic N) is 3. The first-order valence-corrected chi connectivity index (χ1v) is 19.8. The molecule has 0 aliphatic carbocycles. The van der Waals surface area contributed by atoms with Gasteiger partial charge in [0.05, 0.1) is 24.6 Å². The number of non-ortho nitro benzene ring substituents is 1. The van der Waals surface area contributed by atoms with Crippen LogP contribution < -0.4 is 0 Å². The molecule has 17 heteroatoms. The normalized spacial score (nSPS) is 13.7. The quantitative estimate of drug-likeness (QED) is 0.122. The van der Waals surface area contributed by atoms with Crippen LogP contribution in [0.5, 0.6) is 0 Å². The van der Waals surface area contributed by atoms with Gasteiger partial charge in [0, 0.05) is 60.4 Å². The lowest BCUT2D eigenvalue weighted by Gasteiger charge is -1.99. The molecule has 0 radical (unpaired) electrons. The molecule has 1 aromatic heterocycles. The first kappa shape index (κ1) is 35.5. The topological polar surface area (TPSA) is 198 Å². The van der Waals surface area contributed by atoms with Gasteiger partial charge < -0.3 is 0 Å². The molecule has 0 fully saturated rings. The molecule has 6 aromatic carbocycles. The van der Waals surface area contributed by atoms with E-state index in [1.54, 1.807) is 54.6 Å². The number of fused-ring (bicyclic) bond motifs is 9.